The van der Waals surface area contributed by atoms with E-state index in [0.29, 0.717) is 26.0 Å². The van der Waals surface area contributed by atoms with E-state index in [-0.39, 0.29) is 72.0 Å². The highest BCUT2D eigenvalue weighted by molar-refractivity contribution is 7.89. The summed E-state index contributed by atoms with van der Waals surface area (Å²) in [5.74, 6) is -3.10. The normalized spacial score (nSPS) is 26.5. The molecule has 0 bridgehead atoms. The van der Waals surface area contributed by atoms with Crippen LogP contribution in [0.2, 0.25) is 0 Å². The number of isocyanates is 1. The molecule has 3 aliphatic rings. The highest BCUT2D eigenvalue weighted by Crippen LogP contribution is 2.65. The van der Waals surface area contributed by atoms with E-state index in [1.54, 1.807) is 38.7 Å². The van der Waals surface area contributed by atoms with Gasteiger partial charge in [-0.3, -0.25) is 24.0 Å². The lowest BCUT2D eigenvalue weighted by Crippen LogP contribution is -2.50. The molecule has 0 spiro atoms. The summed E-state index contributed by atoms with van der Waals surface area (Å²) in [5.41, 5.74) is -1.06. The van der Waals surface area contributed by atoms with Crippen LogP contribution < -0.4 is 0 Å². The van der Waals surface area contributed by atoms with Gasteiger partial charge < -0.3 is 14.4 Å². The molecule has 0 N–H and O–H groups in total. The monoisotopic (exact) mass is 821 g/mol. The first-order chi connectivity index (χ1) is 26.3. The number of carbonyl (C=O) groups excluding carboxylic acids is 6. The number of carbonyl (C=O) groups is 5. The van der Waals surface area contributed by atoms with Crippen molar-refractivity contribution in [2.24, 2.45) is 39.5 Å². The van der Waals surface area contributed by atoms with Crippen LogP contribution in [0.3, 0.4) is 0 Å². The number of ketones is 3. The largest absolute Gasteiger partial charge is 0.460 e. The van der Waals surface area contributed by atoms with Gasteiger partial charge in [0.15, 0.2) is 11.6 Å². The van der Waals surface area contributed by atoms with Gasteiger partial charge in [-0.05, 0) is 76.5 Å². The number of Topliss-reactive ketones (excluding diaryl/α,β-unsaturated/α-hetero) is 3. The van der Waals surface area contributed by atoms with Crippen LogP contribution in [0.1, 0.15) is 133 Å². The second kappa shape index (κ2) is 21.3. The molecule has 0 aromatic heterocycles. The fraction of sp³-hybridized carbons (Fsp3) is 0.814. The number of piperidine rings is 1. The Morgan fingerprint density at radius 1 is 1.09 bits per heavy atom. The standard InChI is InChI=1S/C33H51NO7.C10H20N2O3S/c1-8-9-16-25(35)30(38)22-15-13-11-10-12-14-17-40-21(2)23(19-27(37)41-32(3,4)5)31(39)34-20-24-28(33(24,6)7)29(34)26(36)18-22;1-6-16(14,15)12(5)7-9(11-8-13)10(2,3)4/h8,21-24,28-29H,1,9-20H2,2-7H3;9H,6-7H2,1-5H3/t21-,22+,23-,24-,28-,29+;9-/m01/s1. The molecule has 7 atom stereocenters. The summed E-state index contributed by atoms with van der Waals surface area (Å²) in [6, 6.07) is -1.06. The molecule has 0 aromatic carbocycles. The number of ether oxygens (including phenoxy) is 2. The molecule has 1 aliphatic carbocycles. The van der Waals surface area contributed by atoms with Crippen molar-refractivity contribution in [2.45, 2.75) is 157 Å². The van der Waals surface area contributed by atoms with E-state index in [4.69, 9.17) is 9.47 Å². The average molecular weight is 822 g/mol. The van der Waals surface area contributed by atoms with Crippen molar-refractivity contribution >= 4 is 45.3 Å². The maximum atomic E-state index is 14.2. The molecule has 2 saturated heterocycles. The Morgan fingerprint density at radius 2 is 1.70 bits per heavy atom. The number of aliphatic imine (C=N–C) groups is 1. The second-order valence-corrected chi connectivity index (χ2v) is 21.0. The van der Waals surface area contributed by atoms with Crippen LogP contribution >= 0.6 is 0 Å². The fourth-order valence-electron chi connectivity index (χ4n) is 7.94. The predicted octanol–water partition coefficient (Wildman–Crippen LogP) is 6.27. The Kier molecular flexibility index (Phi) is 18.7. The SMILES string of the molecule is C=CCCC(=O)C(=O)[C@@H]1CCCCCCCO[C@@H](C)[C@H](CC(=O)OC(C)(C)C)C(=O)N2C[C@H]3[C@@H]([C@H]2C(=O)C1)C3(C)C.CCS(=O)(=O)N(C)C[C@@H](N=C=O)C(C)(C)C. The third-order valence-corrected chi connectivity index (χ3v) is 13.6. The maximum absolute atomic E-state index is 14.2. The Bertz CT molecular complexity index is 1590. The highest BCUT2D eigenvalue weighted by Gasteiger charge is 2.69. The van der Waals surface area contributed by atoms with Crippen LogP contribution in [0.5, 0.6) is 0 Å². The summed E-state index contributed by atoms with van der Waals surface area (Å²) >= 11 is 0. The van der Waals surface area contributed by atoms with Gasteiger partial charge in [0.2, 0.25) is 27.8 Å². The van der Waals surface area contributed by atoms with E-state index < -0.39 is 57.1 Å². The molecule has 0 radical (unpaired) electrons. The number of nitrogens with zero attached hydrogens (tertiary/aromatic N) is 3. The molecule has 324 valence electrons. The smallest absolute Gasteiger partial charge is 0.307 e. The van der Waals surface area contributed by atoms with E-state index in [1.165, 1.54) is 17.4 Å². The topological polar surface area (TPSA) is 174 Å². The van der Waals surface area contributed by atoms with Crippen molar-refractivity contribution in [3.8, 4) is 0 Å². The first-order valence-corrected chi connectivity index (χ1v) is 22.3. The van der Waals surface area contributed by atoms with Crippen molar-refractivity contribution in [3.05, 3.63) is 12.7 Å². The van der Waals surface area contributed by atoms with E-state index in [1.807, 2.05) is 27.7 Å². The van der Waals surface area contributed by atoms with Crippen LogP contribution in [0.15, 0.2) is 17.6 Å². The van der Waals surface area contributed by atoms with Gasteiger partial charge in [0.05, 0.1) is 36.3 Å². The van der Waals surface area contributed by atoms with Gasteiger partial charge in [-0.2, -0.15) is 0 Å². The number of esters is 1. The number of allylic oxidation sites excluding steroid dienone is 1. The molecule has 0 aromatic rings. The Hall–Kier alpha value is -3.06. The third kappa shape index (κ3) is 14.6. The molecule has 1 amide bonds. The highest BCUT2D eigenvalue weighted by atomic mass is 32.2. The molecule has 14 heteroatoms. The minimum atomic E-state index is -3.23. The molecule has 13 nitrogen and oxygen atoms in total. The molecule has 3 fully saturated rings. The predicted molar refractivity (Wildman–Crippen MR) is 219 cm³/mol. The molecule has 0 unspecified atom stereocenters. The number of amides is 1. The Balaban J connectivity index is 0.000000590. The molecule has 1 saturated carbocycles. The molecular weight excluding hydrogens is 751 g/mol. The van der Waals surface area contributed by atoms with Gasteiger partial charge in [-0.25, -0.2) is 22.5 Å². The van der Waals surface area contributed by atoms with Crippen LogP contribution in [0.4, 0.5) is 0 Å². The first kappa shape index (κ1) is 50.1. The van der Waals surface area contributed by atoms with Gasteiger partial charge >= 0.3 is 5.97 Å². The zero-order valence-corrected chi connectivity index (χ0v) is 37.4. The summed E-state index contributed by atoms with van der Waals surface area (Å²) < 4.78 is 36.0. The molecule has 3 rings (SSSR count). The number of sulfonamides is 1. The number of hydrogen-bond acceptors (Lipinski definition) is 11. The number of rotatable bonds is 12. The summed E-state index contributed by atoms with van der Waals surface area (Å²) in [7, 11) is -1.73. The van der Waals surface area contributed by atoms with Crippen LogP contribution in [-0.2, 0) is 48.3 Å². The fourth-order valence-corrected chi connectivity index (χ4v) is 8.75. The number of fused-ring (bicyclic) bond motifs is 3. The second-order valence-electron chi connectivity index (χ2n) is 18.7. The van der Waals surface area contributed by atoms with Crippen molar-refractivity contribution < 1.29 is 46.7 Å². The summed E-state index contributed by atoms with van der Waals surface area (Å²) in [4.78, 5) is 82.5. The maximum Gasteiger partial charge on any atom is 0.307 e. The molecular formula is C43H71N3O10S. The van der Waals surface area contributed by atoms with Gasteiger partial charge in [0.1, 0.15) is 5.60 Å². The quantitative estimate of drug-likeness (QED) is 0.0718. The lowest BCUT2D eigenvalue weighted by Gasteiger charge is -2.35. The van der Waals surface area contributed by atoms with E-state index in [2.05, 4.69) is 25.4 Å². The number of likely N-dealkylation sites (N-methyl/N-ethyl adjacent to an activating group) is 1. The van der Waals surface area contributed by atoms with Gasteiger partial charge in [0, 0.05) is 45.5 Å². The lowest BCUT2D eigenvalue weighted by atomic mass is 9.85. The molecule has 2 heterocycles. The third-order valence-electron chi connectivity index (χ3n) is 11.7. The Morgan fingerprint density at radius 3 is 2.26 bits per heavy atom. The minimum Gasteiger partial charge on any atom is -0.460 e. The summed E-state index contributed by atoms with van der Waals surface area (Å²) in [5, 5.41) is 0. The van der Waals surface area contributed by atoms with Crippen LogP contribution in [0.25, 0.3) is 0 Å². The minimum absolute atomic E-state index is 0.0107. The first-order valence-electron chi connectivity index (χ1n) is 20.7. The van der Waals surface area contributed by atoms with Crippen molar-refractivity contribution in [1.82, 2.24) is 9.21 Å². The van der Waals surface area contributed by atoms with Crippen molar-refractivity contribution in [2.75, 3.05) is 32.5 Å². The van der Waals surface area contributed by atoms with Crippen LogP contribution in [-0.4, -0.2) is 109 Å². The Labute approximate surface area is 342 Å². The zero-order chi connectivity index (χ0) is 43.5. The van der Waals surface area contributed by atoms with Gasteiger partial charge in [-0.15, -0.1) is 6.58 Å². The zero-order valence-electron chi connectivity index (χ0n) is 36.6. The molecule has 2 aliphatic heterocycles. The van der Waals surface area contributed by atoms with E-state index >= 15 is 0 Å². The lowest BCUT2D eigenvalue weighted by molar-refractivity contribution is -0.162. The van der Waals surface area contributed by atoms with Crippen molar-refractivity contribution in [1.29, 1.82) is 0 Å². The van der Waals surface area contributed by atoms with Gasteiger partial charge in [-0.1, -0.05) is 66.4 Å². The summed E-state index contributed by atoms with van der Waals surface area (Å²) in [6.07, 6.45) is 7.79. The summed E-state index contributed by atoms with van der Waals surface area (Å²) in [6.45, 7) is 23.5. The van der Waals surface area contributed by atoms with Crippen LogP contribution in [0, 0.1) is 34.5 Å². The van der Waals surface area contributed by atoms with E-state index in [0.717, 1.165) is 32.1 Å². The van der Waals surface area contributed by atoms with Crippen molar-refractivity contribution in [3.63, 3.8) is 0 Å². The van der Waals surface area contributed by atoms with E-state index in [9.17, 15) is 37.2 Å². The number of hydrogen-bond donors (Lipinski definition) is 0. The average Bonchev–Trinajstić information content (AvgIpc) is 3.41. The molecule has 57 heavy (non-hydrogen) atoms. The van der Waals surface area contributed by atoms with Gasteiger partial charge in [0.25, 0.3) is 0 Å².